The van der Waals surface area contributed by atoms with E-state index in [2.05, 4.69) is 15.5 Å². The largest absolute Gasteiger partial charge is 0.347 e. The van der Waals surface area contributed by atoms with Crippen LogP contribution in [0.15, 0.2) is 54.7 Å². The van der Waals surface area contributed by atoms with Crippen LogP contribution in [0.5, 0.6) is 0 Å². The van der Waals surface area contributed by atoms with Crippen molar-refractivity contribution in [1.82, 2.24) is 19.9 Å². The molecule has 4 rings (SSSR count). The summed E-state index contributed by atoms with van der Waals surface area (Å²) >= 11 is 7.27. The van der Waals surface area contributed by atoms with E-state index in [1.54, 1.807) is 12.1 Å². The van der Waals surface area contributed by atoms with Crippen LogP contribution in [0.4, 0.5) is 4.39 Å². The number of fused-ring (bicyclic) bond motifs is 1. The third-order valence-corrected chi connectivity index (χ3v) is 5.29. The molecule has 4 aromatic rings. The van der Waals surface area contributed by atoms with E-state index in [9.17, 15) is 9.18 Å². The number of rotatable bonds is 4. The zero-order valence-corrected chi connectivity index (χ0v) is 14.9. The minimum Gasteiger partial charge on any atom is -0.347 e. The topological polar surface area (TPSA) is 59.3 Å². The zero-order chi connectivity index (χ0) is 18.1. The van der Waals surface area contributed by atoms with Gasteiger partial charge in [0.1, 0.15) is 5.82 Å². The molecule has 0 spiro atoms. The second-order valence-corrected chi connectivity index (χ2v) is 6.99. The number of hydrogen-bond donors (Lipinski definition) is 1. The smallest absolute Gasteiger partial charge is 0.261 e. The molecule has 8 heteroatoms. The molecule has 0 fully saturated rings. The summed E-state index contributed by atoms with van der Waals surface area (Å²) in [7, 11) is 0. The molecule has 3 aromatic heterocycles. The van der Waals surface area contributed by atoms with Crippen LogP contribution in [0.2, 0.25) is 5.02 Å². The molecule has 1 amide bonds. The van der Waals surface area contributed by atoms with Gasteiger partial charge in [-0.15, -0.1) is 21.5 Å². The number of hydrogen-bond acceptors (Lipinski definition) is 4. The summed E-state index contributed by atoms with van der Waals surface area (Å²) in [6.07, 6.45) is 1.87. The van der Waals surface area contributed by atoms with E-state index in [-0.39, 0.29) is 23.0 Å². The van der Waals surface area contributed by atoms with Crippen LogP contribution in [-0.2, 0) is 6.54 Å². The second-order valence-electron chi connectivity index (χ2n) is 5.50. The van der Waals surface area contributed by atoms with Crippen LogP contribution in [0.3, 0.4) is 0 Å². The molecule has 0 bridgehead atoms. The van der Waals surface area contributed by atoms with Crippen LogP contribution in [0.1, 0.15) is 15.2 Å². The Bertz CT molecular complexity index is 1090. The number of nitrogens with one attached hydrogen (secondary N) is 1. The van der Waals surface area contributed by atoms with Crippen molar-refractivity contribution >= 4 is 34.5 Å². The van der Waals surface area contributed by atoms with Crippen molar-refractivity contribution < 1.29 is 9.18 Å². The van der Waals surface area contributed by atoms with E-state index in [1.165, 1.54) is 23.5 Å². The highest BCUT2D eigenvalue weighted by Crippen LogP contribution is 2.27. The Hall–Kier alpha value is -2.77. The van der Waals surface area contributed by atoms with Gasteiger partial charge in [-0.3, -0.25) is 9.20 Å². The first-order chi connectivity index (χ1) is 12.6. The maximum Gasteiger partial charge on any atom is 0.261 e. The highest BCUT2D eigenvalue weighted by molar-refractivity contribution is 7.17. The summed E-state index contributed by atoms with van der Waals surface area (Å²) in [6.45, 7) is 0.0193. The van der Waals surface area contributed by atoms with Gasteiger partial charge in [0.05, 0.1) is 9.75 Å². The first kappa shape index (κ1) is 16.7. The highest BCUT2D eigenvalue weighted by Gasteiger charge is 2.15. The Balaban J connectivity index is 1.53. The summed E-state index contributed by atoms with van der Waals surface area (Å²) in [5.41, 5.74) is 0.999. The monoisotopic (exact) mass is 386 g/mol. The summed E-state index contributed by atoms with van der Waals surface area (Å²) in [5, 5.41) is 11.3. The van der Waals surface area contributed by atoms with Crippen LogP contribution < -0.4 is 5.32 Å². The molecule has 3 heterocycles. The number of nitrogens with zero attached hydrogens (tertiary/aromatic N) is 3. The van der Waals surface area contributed by atoms with Gasteiger partial charge in [0.2, 0.25) is 0 Å². The van der Waals surface area contributed by atoms with E-state index in [1.807, 2.05) is 34.9 Å². The molecule has 0 atom stereocenters. The molecule has 0 unspecified atom stereocenters. The third-order valence-electron chi connectivity index (χ3n) is 3.85. The Morgan fingerprint density at radius 3 is 2.88 bits per heavy atom. The number of amides is 1. The standard InChI is InChI=1S/C18H12ClFN4OS/c19-12-4-3-5-13(20)11(12)10-21-18(25)15-8-7-14(26-15)17-23-22-16-6-1-2-9-24(16)17/h1-9H,10H2,(H,21,25). The molecule has 5 nitrogen and oxygen atoms in total. The van der Waals surface area contributed by atoms with Gasteiger partial charge in [0.15, 0.2) is 11.5 Å². The van der Waals surface area contributed by atoms with Crippen molar-refractivity contribution in [2.45, 2.75) is 6.54 Å². The van der Waals surface area contributed by atoms with Crippen molar-refractivity contribution in [3.05, 3.63) is 76.0 Å². The molecule has 0 aliphatic rings. The van der Waals surface area contributed by atoms with Gasteiger partial charge >= 0.3 is 0 Å². The van der Waals surface area contributed by atoms with E-state index < -0.39 is 5.82 Å². The molecule has 0 saturated carbocycles. The molecule has 26 heavy (non-hydrogen) atoms. The maximum atomic E-state index is 13.8. The molecule has 130 valence electrons. The van der Waals surface area contributed by atoms with Gasteiger partial charge in [-0.25, -0.2) is 4.39 Å². The van der Waals surface area contributed by atoms with Crippen molar-refractivity contribution in [3.8, 4) is 10.7 Å². The van der Waals surface area contributed by atoms with E-state index >= 15 is 0 Å². The minimum atomic E-state index is -0.445. The van der Waals surface area contributed by atoms with Crippen molar-refractivity contribution in [2.75, 3.05) is 0 Å². The van der Waals surface area contributed by atoms with Crippen LogP contribution in [-0.4, -0.2) is 20.5 Å². The lowest BCUT2D eigenvalue weighted by Crippen LogP contribution is -2.22. The van der Waals surface area contributed by atoms with Crippen LogP contribution in [0.25, 0.3) is 16.3 Å². The molecular weight excluding hydrogens is 375 g/mol. The summed E-state index contributed by atoms with van der Waals surface area (Å²) in [6, 6.07) is 13.6. The first-order valence-electron chi connectivity index (χ1n) is 7.74. The van der Waals surface area contributed by atoms with Crippen molar-refractivity contribution in [3.63, 3.8) is 0 Å². The van der Waals surface area contributed by atoms with Crippen LogP contribution >= 0.6 is 22.9 Å². The molecule has 0 aliphatic carbocycles. The number of carbonyl (C=O) groups excluding carboxylic acids is 1. The lowest BCUT2D eigenvalue weighted by molar-refractivity contribution is 0.0954. The van der Waals surface area contributed by atoms with Gasteiger partial charge in [-0.1, -0.05) is 23.7 Å². The van der Waals surface area contributed by atoms with Gasteiger partial charge in [-0.2, -0.15) is 0 Å². The number of halogens is 2. The number of pyridine rings is 1. The predicted octanol–water partition coefficient (Wildman–Crippen LogP) is 4.18. The minimum absolute atomic E-state index is 0.0193. The van der Waals surface area contributed by atoms with Gasteiger partial charge in [0, 0.05) is 23.3 Å². The second kappa shape index (κ2) is 6.86. The highest BCUT2D eigenvalue weighted by atomic mass is 35.5. The average Bonchev–Trinajstić information content (AvgIpc) is 3.28. The quantitative estimate of drug-likeness (QED) is 0.572. The average molecular weight is 387 g/mol. The normalized spacial score (nSPS) is 11.0. The lowest BCUT2D eigenvalue weighted by Gasteiger charge is -2.07. The maximum absolute atomic E-state index is 13.8. The third kappa shape index (κ3) is 3.07. The van der Waals surface area contributed by atoms with Crippen LogP contribution in [0, 0.1) is 5.82 Å². The number of aromatic nitrogens is 3. The van der Waals surface area contributed by atoms with E-state index in [0.29, 0.717) is 10.7 Å². The molecular formula is C18H12ClFN4OS. The Morgan fingerprint density at radius 1 is 1.15 bits per heavy atom. The fourth-order valence-corrected chi connectivity index (χ4v) is 3.68. The zero-order valence-electron chi connectivity index (χ0n) is 13.3. The van der Waals surface area contributed by atoms with Crippen molar-refractivity contribution in [2.24, 2.45) is 0 Å². The fourth-order valence-electron chi connectivity index (χ4n) is 2.55. The number of carbonyl (C=O) groups is 1. The molecule has 0 aliphatic heterocycles. The number of thiophene rings is 1. The van der Waals surface area contributed by atoms with E-state index in [4.69, 9.17) is 11.6 Å². The Labute approximate surface area is 157 Å². The van der Waals surface area contributed by atoms with Crippen molar-refractivity contribution in [1.29, 1.82) is 0 Å². The lowest BCUT2D eigenvalue weighted by atomic mass is 10.2. The van der Waals surface area contributed by atoms with Gasteiger partial charge in [0.25, 0.3) is 5.91 Å². The molecule has 0 radical (unpaired) electrons. The predicted molar refractivity (Wildman–Crippen MR) is 98.9 cm³/mol. The Morgan fingerprint density at radius 2 is 2.04 bits per heavy atom. The molecule has 1 N–H and O–H groups in total. The number of benzene rings is 1. The fraction of sp³-hybridized carbons (Fsp3) is 0.0556. The van der Waals surface area contributed by atoms with Gasteiger partial charge in [-0.05, 0) is 36.4 Å². The first-order valence-corrected chi connectivity index (χ1v) is 8.94. The summed E-state index contributed by atoms with van der Waals surface area (Å²) in [4.78, 5) is 13.7. The summed E-state index contributed by atoms with van der Waals surface area (Å²) in [5.74, 6) is -0.0733. The van der Waals surface area contributed by atoms with E-state index in [0.717, 1.165) is 10.5 Å². The molecule has 1 aromatic carbocycles. The molecule has 0 saturated heterocycles. The summed E-state index contributed by atoms with van der Waals surface area (Å²) < 4.78 is 15.6. The SMILES string of the molecule is O=C(NCc1c(F)cccc1Cl)c1ccc(-c2nnc3ccccn23)s1. The van der Waals surface area contributed by atoms with Gasteiger partial charge < -0.3 is 5.32 Å². The Kier molecular flexibility index (Phi) is 4.40.